The van der Waals surface area contributed by atoms with Crippen molar-refractivity contribution in [3.63, 3.8) is 0 Å². The van der Waals surface area contributed by atoms with Gasteiger partial charge in [-0.15, -0.1) is 11.3 Å². The van der Waals surface area contributed by atoms with E-state index in [0.717, 1.165) is 36.0 Å². The molecule has 0 aliphatic rings. The normalized spacial score (nSPS) is 13.1. The van der Waals surface area contributed by atoms with Crippen LogP contribution >= 0.6 is 11.3 Å². The van der Waals surface area contributed by atoms with Crippen molar-refractivity contribution in [2.45, 2.75) is 39.7 Å². The fraction of sp³-hybridized carbons (Fsp3) is 0.533. The van der Waals surface area contributed by atoms with Gasteiger partial charge in [0.2, 0.25) is 0 Å². The van der Waals surface area contributed by atoms with Crippen molar-refractivity contribution in [3.8, 4) is 0 Å². The first-order valence-corrected chi connectivity index (χ1v) is 7.58. The number of hydrogen-bond donors (Lipinski definition) is 0. The van der Waals surface area contributed by atoms with E-state index in [0.29, 0.717) is 5.92 Å². The Morgan fingerprint density at radius 3 is 2.74 bits per heavy atom. The molecule has 0 spiro atoms. The van der Waals surface area contributed by atoms with E-state index in [2.05, 4.69) is 42.2 Å². The van der Waals surface area contributed by atoms with Crippen LogP contribution in [0.1, 0.15) is 41.5 Å². The Kier molecular flexibility index (Phi) is 4.77. The summed E-state index contributed by atoms with van der Waals surface area (Å²) >= 11 is 1.72. The molecule has 2 aromatic heterocycles. The van der Waals surface area contributed by atoms with E-state index in [1.807, 2.05) is 13.0 Å². The van der Waals surface area contributed by atoms with E-state index < -0.39 is 0 Å². The number of furan rings is 1. The van der Waals surface area contributed by atoms with Crippen molar-refractivity contribution in [1.29, 1.82) is 0 Å². The summed E-state index contributed by atoms with van der Waals surface area (Å²) in [7, 11) is 2.15. The van der Waals surface area contributed by atoms with Crippen LogP contribution < -0.4 is 0 Å². The molecule has 1 unspecified atom stereocenters. The summed E-state index contributed by atoms with van der Waals surface area (Å²) in [6.45, 7) is 8.24. The molecule has 0 aromatic carbocycles. The maximum Gasteiger partial charge on any atom is 0.107 e. The largest absolute Gasteiger partial charge is 0.466 e. The van der Waals surface area contributed by atoms with Crippen molar-refractivity contribution in [2.75, 3.05) is 13.6 Å². The zero-order valence-electron chi connectivity index (χ0n) is 12.1. The SMILES string of the molecule is Cc1ccc(C(C)CCN(C)Cc2csc(C)n2)o1. The van der Waals surface area contributed by atoms with Crippen LogP contribution in [-0.2, 0) is 6.54 Å². The van der Waals surface area contributed by atoms with Gasteiger partial charge >= 0.3 is 0 Å². The summed E-state index contributed by atoms with van der Waals surface area (Å²) in [6.07, 6.45) is 1.10. The molecule has 0 N–H and O–H groups in total. The predicted octanol–water partition coefficient (Wildman–Crippen LogP) is 3.98. The molecule has 0 saturated carbocycles. The van der Waals surface area contributed by atoms with Crippen molar-refractivity contribution in [2.24, 2.45) is 0 Å². The molecule has 0 aliphatic heterocycles. The van der Waals surface area contributed by atoms with E-state index in [9.17, 15) is 0 Å². The molecule has 3 nitrogen and oxygen atoms in total. The summed E-state index contributed by atoms with van der Waals surface area (Å²) < 4.78 is 5.67. The Hall–Kier alpha value is -1.13. The Labute approximate surface area is 119 Å². The summed E-state index contributed by atoms with van der Waals surface area (Å²) in [4.78, 5) is 6.82. The molecule has 2 heterocycles. The van der Waals surface area contributed by atoms with Crippen LogP contribution in [0.15, 0.2) is 21.9 Å². The van der Waals surface area contributed by atoms with Gasteiger partial charge < -0.3 is 9.32 Å². The maximum atomic E-state index is 5.67. The highest BCUT2D eigenvalue weighted by molar-refractivity contribution is 7.09. The van der Waals surface area contributed by atoms with Crippen LogP contribution in [0.4, 0.5) is 0 Å². The lowest BCUT2D eigenvalue weighted by atomic mass is 10.1. The van der Waals surface area contributed by atoms with Crippen LogP contribution in [0, 0.1) is 13.8 Å². The second-order valence-electron chi connectivity index (χ2n) is 5.23. The quantitative estimate of drug-likeness (QED) is 0.800. The smallest absolute Gasteiger partial charge is 0.107 e. The average Bonchev–Trinajstić information content (AvgIpc) is 2.95. The fourth-order valence-corrected chi connectivity index (χ4v) is 2.71. The number of hydrogen-bond acceptors (Lipinski definition) is 4. The molecule has 0 aliphatic carbocycles. The lowest BCUT2D eigenvalue weighted by Crippen LogP contribution is -2.20. The molecule has 0 radical (unpaired) electrons. The molecule has 0 fully saturated rings. The van der Waals surface area contributed by atoms with E-state index in [1.54, 1.807) is 11.3 Å². The van der Waals surface area contributed by atoms with E-state index in [-0.39, 0.29) is 0 Å². The van der Waals surface area contributed by atoms with Gasteiger partial charge in [0, 0.05) is 17.8 Å². The van der Waals surface area contributed by atoms with Crippen molar-refractivity contribution in [3.05, 3.63) is 39.7 Å². The highest BCUT2D eigenvalue weighted by atomic mass is 32.1. The standard InChI is InChI=1S/C15H22N2OS/c1-11(15-6-5-12(2)18-15)7-8-17(4)9-14-10-19-13(3)16-14/h5-6,10-11H,7-9H2,1-4H3. The third kappa shape index (κ3) is 4.18. The van der Waals surface area contributed by atoms with E-state index in [1.165, 1.54) is 5.69 Å². The molecular weight excluding hydrogens is 256 g/mol. The third-order valence-electron chi connectivity index (χ3n) is 3.29. The topological polar surface area (TPSA) is 29.3 Å². The van der Waals surface area contributed by atoms with Gasteiger partial charge in [-0.25, -0.2) is 4.98 Å². The first-order valence-electron chi connectivity index (χ1n) is 6.70. The van der Waals surface area contributed by atoms with Crippen LogP contribution in [-0.4, -0.2) is 23.5 Å². The highest BCUT2D eigenvalue weighted by Gasteiger charge is 2.11. The van der Waals surface area contributed by atoms with Gasteiger partial charge in [0.1, 0.15) is 11.5 Å². The fourth-order valence-electron chi connectivity index (χ4n) is 2.11. The van der Waals surface area contributed by atoms with Gasteiger partial charge in [-0.3, -0.25) is 0 Å². The van der Waals surface area contributed by atoms with Gasteiger partial charge in [-0.2, -0.15) is 0 Å². The van der Waals surface area contributed by atoms with Crippen LogP contribution in [0.2, 0.25) is 0 Å². The molecule has 0 amide bonds. The van der Waals surface area contributed by atoms with Gasteiger partial charge in [-0.05, 0) is 46.0 Å². The van der Waals surface area contributed by atoms with Gasteiger partial charge in [0.25, 0.3) is 0 Å². The first-order chi connectivity index (χ1) is 9.04. The molecule has 1 atom stereocenters. The first kappa shape index (κ1) is 14.3. The second-order valence-corrected chi connectivity index (χ2v) is 6.30. The molecule has 2 aromatic rings. The van der Waals surface area contributed by atoms with Gasteiger partial charge in [0.05, 0.1) is 10.7 Å². The summed E-state index contributed by atoms with van der Waals surface area (Å²) in [5.74, 6) is 2.55. The van der Waals surface area contributed by atoms with E-state index >= 15 is 0 Å². The van der Waals surface area contributed by atoms with Crippen LogP contribution in [0.25, 0.3) is 0 Å². The van der Waals surface area contributed by atoms with Crippen LogP contribution in [0.5, 0.6) is 0 Å². The van der Waals surface area contributed by atoms with Crippen LogP contribution in [0.3, 0.4) is 0 Å². The van der Waals surface area contributed by atoms with E-state index in [4.69, 9.17) is 4.42 Å². The average molecular weight is 278 g/mol. The molecule has 19 heavy (non-hydrogen) atoms. The minimum atomic E-state index is 0.466. The van der Waals surface area contributed by atoms with Crippen molar-refractivity contribution in [1.82, 2.24) is 9.88 Å². The molecule has 4 heteroatoms. The lowest BCUT2D eigenvalue weighted by molar-refractivity contribution is 0.302. The molecule has 0 saturated heterocycles. The van der Waals surface area contributed by atoms with Crippen molar-refractivity contribution < 1.29 is 4.42 Å². The Bertz CT molecular complexity index is 518. The molecular formula is C15H22N2OS. The zero-order valence-corrected chi connectivity index (χ0v) is 13.0. The maximum absolute atomic E-state index is 5.67. The summed E-state index contributed by atoms with van der Waals surface area (Å²) in [5, 5.41) is 3.29. The molecule has 104 valence electrons. The second kappa shape index (κ2) is 6.35. The number of aryl methyl sites for hydroxylation is 2. The third-order valence-corrected chi connectivity index (χ3v) is 4.11. The Morgan fingerprint density at radius 2 is 2.16 bits per heavy atom. The summed E-state index contributed by atoms with van der Waals surface area (Å²) in [6, 6.07) is 4.12. The lowest BCUT2D eigenvalue weighted by Gasteiger charge is -2.17. The van der Waals surface area contributed by atoms with Gasteiger partial charge in [-0.1, -0.05) is 6.92 Å². The Morgan fingerprint density at radius 1 is 1.37 bits per heavy atom. The molecule has 2 rings (SSSR count). The Balaban J connectivity index is 1.78. The molecule has 0 bridgehead atoms. The highest BCUT2D eigenvalue weighted by Crippen LogP contribution is 2.21. The van der Waals surface area contributed by atoms with Crippen molar-refractivity contribution >= 4 is 11.3 Å². The minimum Gasteiger partial charge on any atom is -0.466 e. The zero-order chi connectivity index (χ0) is 13.8. The number of aromatic nitrogens is 1. The minimum absolute atomic E-state index is 0.466. The number of thiazole rings is 1. The number of rotatable bonds is 6. The monoisotopic (exact) mass is 278 g/mol. The van der Waals surface area contributed by atoms with Gasteiger partial charge in [0.15, 0.2) is 0 Å². The predicted molar refractivity (Wildman–Crippen MR) is 79.7 cm³/mol. The number of nitrogens with zero attached hydrogens (tertiary/aromatic N) is 2. The summed E-state index contributed by atoms with van der Waals surface area (Å²) in [5.41, 5.74) is 1.17.